The fourth-order valence-electron chi connectivity index (χ4n) is 4.47. The van der Waals surface area contributed by atoms with Crippen molar-refractivity contribution < 1.29 is 28.5 Å². The van der Waals surface area contributed by atoms with Crippen molar-refractivity contribution in [3.8, 4) is 0 Å². The van der Waals surface area contributed by atoms with Crippen molar-refractivity contribution >= 4 is 47.8 Å². The van der Waals surface area contributed by atoms with Gasteiger partial charge in [-0.25, -0.2) is 4.79 Å². The van der Waals surface area contributed by atoms with Crippen LogP contribution in [0.15, 0.2) is 28.2 Å². The molecule has 0 aliphatic carbocycles. The van der Waals surface area contributed by atoms with Crippen molar-refractivity contribution in [1.29, 1.82) is 0 Å². The maximum absolute atomic E-state index is 14.0. The number of benzene rings is 1. The topological polar surface area (TPSA) is 118 Å². The first kappa shape index (κ1) is 29.2. The Morgan fingerprint density at radius 3 is 2.38 bits per heavy atom. The summed E-state index contributed by atoms with van der Waals surface area (Å²) in [4.78, 5) is 28.2. The number of nitrogens with zero attached hydrogens (tertiary/aromatic N) is 2. The van der Waals surface area contributed by atoms with Crippen LogP contribution in [0.1, 0.15) is 72.2 Å². The van der Waals surface area contributed by atoms with Crippen molar-refractivity contribution in [2.24, 2.45) is 15.6 Å². The number of carbonyl (C=O) groups excluding carboxylic acids is 2. The van der Waals surface area contributed by atoms with Crippen molar-refractivity contribution in [3.05, 3.63) is 34.1 Å². The average Bonchev–Trinajstić information content (AvgIpc) is 3.01. The Kier molecular flexibility index (Phi) is 8.23. The molecule has 11 heteroatoms. The summed E-state index contributed by atoms with van der Waals surface area (Å²) in [6.45, 7) is 16.0. The summed E-state index contributed by atoms with van der Waals surface area (Å²) < 4.78 is 29.2. The number of hydrogen-bond acceptors (Lipinski definition) is 7. The molecule has 37 heavy (non-hydrogen) atoms. The summed E-state index contributed by atoms with van der Waals surface area (Å²) >= 11 is 6.25. The van der Waals surface area contributed by atoms with E-state index < -0.39 is 30.9 Å². The Bertz CT molecular complexity index is 1210. The largest absolute Gasteiger partial charge is 0.509 e. The number of amidine groups is 1. The number of hydrogen-bond donors (Lipinski definition) is 2. The molecule has 0 aromatic heterocycles. The number of amides is 1. The van der Waals surface area contributed by atoms with Crippen LogP contribution in [0.3, 0.4) is 0 Å². The number of aliphatic hydroxyl groups is 1. The molecule has 2 aliphatic rings. The van der Waals surface area contributed by atoms with E-state index in [-0.39, 0.29) is 57.4 Å². The molecule has 0 bridgehead atoms. The molecule has 1 amide bonds. The molecule has 204 valence electrons. The number of fused-ring (bicyclic) bond motifs is 1. The molecular weight excluding hydrogens is 517 g/mol. The van der Waals surface area contributed by atoms with Gasteiger partial charge in [-0.3, -0.25) is 9.36 Å². The zero-order valence-electron chi connectivity index (χ0n) is 22.8. The van der Waals surface area contributed by atoms with Gasteiger partial charge in [0.15, 0.2) is 5.84 Å². The SMILES string of the molecule is CCOC(=O)c1cc(Cl)cc2c1NC(C1=C(O)C(C(C)(C)C)N(CCC(C)(C)C)C1=O)=NP2(=O)OCC. The molecule has 0 saturated carbocycles. The third-order valence-electron chi connectivity index (χ3n) is 6.12. The molecule has 2 N–H and O–H groups in total. The summed E-state index contributed by atoms with van der Waals surface area (Å²) in [7, 11) is -3.98. The molecule has 2 heterocycles. The number of nitrogens with one attached hydrogen (secondary N) is 1. The normalized spacial score (nSPS) is 22.1. The van der Waals surface area contributed by atoms with Crippen LogP contribution in [0, 0.1) is 10.8 Å². The van der Waals surface area contributed by atoms with E-state index in [1.165, 1.54) is 12.1 Å². The number of halogens is 1. The number of anilines is 1. The van der Waals surface area contributed by atoms with Gasteiger partial charge < -0.3 is 24.6 Å². The lowest BCUT2D eigenvalue weighted by molar-refractivity contribution is -0.128. The van der Waals surface area contributed by atoms with Crippen molar-refractivity contribution in [3.63, 3.8) is 0 Å². The highest BCUT2D eigenvalue weighted by Crippen LogP contribution is 2.53. The summed E-state index contributed by atoms with van der Waals surface area (Å²) in [6, 6.07) is 2.19. The summed E-state index contributed by atoms with van der Waals surface area (Å²) in [5, 5.41) is 14.6. The first-order valence-electron chi connectivity index (χ1n) is 12.4. The smallest absolute Gasteiger partial charge is 0.348 e. The van der Waals surface area contributed by atoms with Crippen LogP contribution >= 0.6 is 19.1 Å². The molecule has 0 fully saturated rings. The summed E-state index contributed by atoms with van der Waals surface area (Å²) in [6.07, 6.45) is 0.706. The monoisotopic (exact) mass is 553 g/mol. The van der Waals surface area contributed by atoms with Crippen molar-refractivity contribution in [2.45, 2.75) is 67.9 Å². The molecule has 0 spiro atoms. The molecular formula is C26H37ClN3O6P. The van der Waals surface area contributed by atoms with Gasteiger partial charge in [0.05, 0.1) is 35.8 Å². The molecule has 2 aliphatic heterocycles. The Morgan fingerprint density at radius 1 is 1.19 bits per heavy atom. The van der Waals surface area contributed by atoms with Crippen molar-refractivity contribution in [1.82, 2.24) is 4.90 Å². The van der Waals surface area contributed by atoms with E-state index in [4.69, 9.17) is 20.9 Å². The molecule has 3 rings (SSSR count). The van der Waals surface area contributed by atoms with Gasteiger partial charge in [0.2, 0.25) is 0 Å². The summed E-state index contributed by atoms with van der Waals surface area (Å²) in [5.41, 5.74) is -0.486. The van der Waals surface area contributed by atoms with Crippen LogP contribution in [0.25, 0.3) is 0 Å². The predicted molar refractivity (Wildman–Crippen MR) is 146 cm³/mol. The summed E-state index contributed by atoms with van der Waals surface area (Å²) in [5.74, 6) is -1.41. The number of rotatable bonds is 7. The minimum Gasteiger partial charge on any atom is -0.509 e. The van der Waals surface area contributed by atoms with Gasteiger partial charge in [-0.1, -0.05) is 53.1 Å². The number of esters is 1. The first-order valence-corrected chi connectivity index (χ1v) is 14.4. The van der Waals surface area contributed by atoms with Gasteiger partial charge in [-0.2, -0.15) is 4.76 Å². The van der Waals surface area contributed by atoms with Crippen LogP contribution in [0.5, 0.6) is 0 Å². The molecule has 1 aromatic carbocycles. The molecule has 2 atom stereocenters. The van der Waals surface area contributed by atoms with Crippen LogP contribution in [-0.2, 0) is 18.6 Å². The minimum absolute atomic E-state index is 0.0270. The van der Waals surface area contributed by atoms with Gasteiger partial charge in [0.1, 0.15) is 11.3 Å². The maximum Gasteiger partial charge on any atom is 0.348 e. The van der Waals surface area contributed by atoms with E-state index in [9.17, 15) is 19.3 Å². The zero-order valence-corrected chi connectivity index (χ0v) is 24.4. The van der Waals surface area contributed by atoms with Crippen LogP contribution < -0.4 is 10.6 Å². The third kappa shape index (κ3) is 5.89. The molecule has 9 nitrogen and oxygen atoms in total. The van der Waals surface area contributed by atoms with E-state index in [1.54, 1.807) is 18.7 Å². The Hall–Kier alpha value is -2.35. The molecule has 2 unspecified atom stereocenters. The lowest BCUT2D eigenvalue weighted by atomic mass is 9.84. The average molecular weight is 554 g/mol. The number of ether oxygens (including phenoxy) is 1. The Balaban J connectivity index is 2.19. The van der Waals surface area contributed by atoms with Gasteiger partial charge in [0.25, 0.3) is 5.91 Å². The second-order valence-electron chi connectivity index (χ2n) is 11.4. The van der Waals surface area contributed by atoms with Crippen LogP contribution in [0.2, 0.25) is 5.02 Å². The highest BCUT2D eigenvalue weighted by Gasteiger charge is 2.49. The number of aliphatic hydroxyl groups excluding tert-OH is 1. The minimum atomic E-state index is -3.98. The van der Waals surface area contributed by atoms with Crippen LogP contribution in [0.4, 0.5) is 5.69 Å². The predicted octanol–water partition coefficient (Wildman–Crippen LogP) is 5.70. The standard InChI is InChI=1S/C26H37ClN3O6P/c1-9-35-24(33)16-13-15(27)14-17-19(16)28-22(29-37(17,34)36-10-2)18-20(31)21(26(6,7)8)30(23(18)32)12-11-25(3,4)5/h13-14,21,31H,9-12H2,1-8H3,(H,28,29,34). The maximum atomic E-state index is 14.0. The fraction of sp³-hybridized carbons (Fsp3) is 0.577. The molecule has 0 saturated heterocycles. The van der Waals surface area contributed by atoms with Gasteiger partial charge in [-0.15, -0.1) is 0 Å². The fourth-order valence-corrected chi connectivity index (χ4v) is 6.60. The second-order valence-corrected chi connectivity index (χ2v) is 13.8. The van der Waals surface area contributed by atoms with E-state index in [1.807, 2.05) is 20.8 Å². The molecule has 1 aromatic rings. The van der Waals surface area contributed by atoms with Crippen LogP contribution in [-0.4, -0.2) is 53.5 Å². The van der Waals surface area contributed by atoms with E-state index in [2.05, 4.69) is 30.9 Å². The Morgan fingerprint density at radius 2 is 1.84 bits per heavy atom. The van der Waals surface area contributed by atoms with Gasteiger partial charge in [0, 0.05) is 11.6 Å². The van der Waals surface area contributed by atoms with E-state index in [0.717, 1.165) is 0 Å². The lowest BCUT2D eigenvalue weighted by Gasteiger charge is -2.36. The number of carbonyl (C=O) groups is 2. The third-order valence-corrected chi connectivity index (χ3v) is 8.37. The highest BCUT2D eigenvalue weighted by atomic mass is 35.5. The molecule has 0 radical (unpaired) electrons. The van der Waals surface area contributed by atoms with Crippen molar-refractivity contribution in [2.75, 3.05) is 25.1 Å². The second kappa shape index (κ2) is 10.4. The quantitative estimate of drug-likeness (QED) is 0.328. The lowest BCUT2D eigenvalue weighted by Crippen LogP contribution is -2.45. The van der Waals surface area contributed by atoms with Gasteiger partial charge in [-0.05, 0) is 43.2 Å². The zero-order chi connectivity index (χ0) is 27.9. The Labute approximate surface area is 223 Å². The highest BCUT2D eigenvalue weighted by molar-refractivity contribution is 7.66. The van der Waals surface area contributed by atoms with E-state index >= 15 is 0 Å². The van der Waals surface area contributed by atoms with Gasteiger partial charge >= 0.3 is 13.5 Å². The first-order chi connectivity index (χ1) is 17.0. The van der Waals surface area contributed by atoms with E-state index in [0.29, 0.717) is 13.0 Å².